The minimum absolute atomic E-state index is 0. The number of hydrogen-bond donors (Lipinski definition) is 3. The number of carbonyl (C=O) groups excluding carboxylic acids is 1. The maximum Gasteiger partial charge on any atom is 0.257 e. The Hall–Kier alpha value is -1.55. The van der Waals surface area contributed by atoms with Crippen LogP contribution >= 0.6 is 24.0 Å². The number of nitrogens with zero attached hydrogens (tertiary/aromatic N) is 1. The van der Waals surface area contributed by atoms with Crippen LogP contribution < -0.4 is 20.7 Å². The van der Waals surface area contributed by atoms with Gasteiger partial charge in [-0.05, 0) is 31.5 Å². The lowest BCUT2D eigenvalue weighted by molar-refractivity contribution is -0.122. The van der Waals surface area contributed by atoms with Crippen LogP contribution in [0.3, 0.4) is 0 Å². The van der Waals surface area contributed by atoms with Gasteiger partial charge >= 0.3 is 0 Å². The van der Waals surface area contributed by atoms with Gasteiger partial charge in [0.25, 0.3) is 5.91 Å². The third kappa shape index (κ3) is 10.8. The fraction of sp³-hybridized carbons (Fsp3) is 0.529. The third-order valence-electron chi connectivity index (χ3n) is 3.07. The van der Waals surface area contributed by atoms with E-state index >= 15 is 0 Å². The van der Waals surface area contributed by atoms with Crippen molar-refractivity contribution in [3.63, 3.8) is 0 Å². The minimum Gasteiger partial charge on any atom is -0.484 e. The van der Waals surface area contributed by atoms with Gasteiger partial charge in [0.1, 0.15) is 5.75 Å². The lowest BCUT2D eigenvalue weighted by Gasteiger charge is -2.12. The van der Waals surface area contributed by atoms with Crippen LogP contribution in [0, 0.1) is 0 Å². The summed E-state index contributed by atoms with van der Waals surface area (Å²) in [5.41, 5.74) is 1.04. The number of carbonyl (C=O) groups is 1. The SMILES string of the molecule is CCNC(=O)COc1cccc(CNC(=NC)NCCOCC)c1.I. The number of halogens is 1. The highest BCUT2D eigenvalue weighted by molar-refractivity contribution is 14.0. The van der Waals surface area contributed by atoms with Crippen molar-refractivity contribution in [1.82, 2.24) is 16.0 Å². The van der Waals surface area contributed by atoms with Gasteiger partial charge in [0.15, 0.2) is 12.6 Å². The molecule has 142 valence electrons. The van der Waals surface area contributed by atoms with Crippen molar-refractivity contribution in [2.75, 3.05) is 40.0 Å². The van der Waals surface area contributed by atoms with E-state index < -0.39 is 0 Å². The Morgan fingerprint density at radius 2 is 2.00 bits per heavy atom. The molecule has 7 nitrogen and oxygen atoms in total. The molecule has 0 spiro atoms. The topological polar surface area (TPSA) is 84.0 Å². The van der Waals surface area contributed by atoms with Crippen molar-refractivity contribution in [1.29, 1.82) is 0 Å². The van der Waals surface area contributed by atoms with E-state index in [0.717, 1.165) is 5.56 Å². The van der Waals surface area contributed by atoms with Gasteiger partial charge in [-0.2, -0.15) is 0 Å². The van der Waals surface area contributed by atoms with Crippen LogP contribution in [0.5, 0.6) is 5.75 Å². The second-order valence-corrected chi connectivity index (χ2v) is 4.94. The maximum atomic E-state index is 11.4. The number of hydrogen-bond acceptors (Lipinski definition) is 4. The summed E-state index contributed by atoms with van der Waals surface area (Å²) in [6.45, 7) is 7.10. The number of ether oxygens (including phenoxy) is 2. The zero-order valence-electron chi connectivity index (χ0n) is 15.1. The molecule has 0 aromatic heterocycles. The van der Waals surface area contributed by atoms with Crippen molar-refractivity contribution >= 4 is 35.8 Å². The zero-order valence-corrected chi connectivity index (χ0v) is 17.5. The molecular weight excluding hydrogens is 435 g/mol. The molecule has 0 aliphatic rings. The minimum atomic E-state index is -0.125. The van der Waals surface area contributed by atoms with Crippen LogP contribution in [0.25, 0.3) is 0 Å². The number of amides is 1. The Balaban J connectivity index is 0.00000576. The van der Waals surface area contributed by atoms with E-state index in [0.29, 0.717) is 44.6 Å². The normalized spacial score (nSPS) is 10.6. The fourth-order valence-corrected chi connectivity index (χ4v) is 1.93. The first-order valence-corrected chi connectivity index (χ1v) is 8.20. The molecule has 1 amide bonds. The molecule has 0 aliphatic carbocycles. The molecule has 1 aromatic rings. The van der Waals surface area contributed by atoms with Gasteiger partial charge in [0.2, 0.25) is 0 Å². The number of benzene rings is 1. The lowest BCUT2D eigenvalue weighted by Crippen LogP contribution is -2.38. The number of nitrogens with one attached hydrogen (secondary N) is 3. The smallest absolute Gasteiger partial charge is 0.257 e. The molecule has 0 heterocycles. The molecule has 1 rings (SSSR count). The highest BCUT2D eigenvalue weighted by atomic mass is 127. The first-order valence-electron chi connectivity index (χ1n) is 8.20. The van der Waals surface area contributed by atoms with Crippen LogP contribution in [0.4, 0.5) is 0 Å². The predicted molar refractivity (Wildman–Crippen MR) is 111 cm³/mol. The van der Waals surface area contributed by atoms with Gasteiger partial charge in [-0.3, -0.25) is 9.79 Å². The van der Waals surface area contributed by atoms with Crippen LogP contribution in [-0.4, -0.2) is 51.8 Å². The predicted octanol–water partition coefficient (Wildman–Crippen LogP) is 1.52. The third-order valence-corrected chi connectivity index (χ3v) is 3.07. The van der Waals surface area contributed by atoms with Gasteiger partial charge in [-0.1, -0.05) is 12.1 Å². The summed E-state index contributed by atoms with van der Waals surface area (Å²) in [6, 6.07) is 7.62. The Morgan fingerprint density at radius 3 is 2.68 bits per heavy atom. The highest BCUT2D eigenvalue weighted by Crippen LogP contribution is 2.13. The lowest BCUT2D eigenvalue weighted by atomic mass is 10.2. The molecular formula is C17H29IN4O3. The average Bonchev–Trinajstić information content (AvgIpc) is 2.60. The Morgan fingerprint density at radius 1 is 1.20 bits per heavy atom. The van der Waals surface area contributed by atoms with Crippen molar-refractivity contribution in [2.24, 2.45) is 4.99 Å². The highest BCUT2D eigenvalue weighted by Gasteiger charge is 2.03. The summed E-state index contributed by atoms with van der Waals surface area (Å²) in [5.74, 6) is 1.25. The first kappa shape index (κ1) is 23.4. The maximum absolute atomic E-state index is 11.4. The molecule has 0 saturated heterocycles. The Labute approximate surface area is 167 Å². The molecule has 3 N–H and O–H groups in total. The molecule has 0 bridgehead atoms. The molecule has 0 unspecified atom stereocenters. The molecule has 0 fully saturated rings. The van der Waals surface area contributed by atoms with E-state index in [-0.39, 0.29) is 36.5 Å². The quantitative estimate of drug-likeness (QED) is 0.212. The van der Waals surface area contributed by atoms with Crippen LogP contribution in [0.15, 0.2) is 29.3 Å². The van der Waals surface area contributed by atoms with Gasteiger partial charge < -0.3 is 25.4 Å². The Bertz CT molecular complexity index is 526. The second kappa shape index (κ2) is 14.8. The number of rotatable bonds is 10. The zero-order chi connectivity index (χ0) is 17.6. The van der Waals surface area contributed by atoms with Crippen molar-refractivity contribution in [3.05, 3.63) is 29.8 Å². The Kier molecular flexibility index (Phi) is 13.8. The van der Waals surface area contributed by atoms with E-state index in [2.05, 4.69) is 20.9 Å². The summed E-state index contributed by atoms with van der Waals surface area (Å²) >= 11 is 0. The van der Waals surface area contributed by atoms with E-state index in [1.165, 1.54) is 0 Å². The summed E-state index contributed by atoms with van der Waals surface area (Å²) in [5, 5.41) is 9.09. The standard InChI is InChI=1S/C17H28N4O3.HI/c1-4-19-16(22)13-24-15-8-6-7-14(11-15)12-21-17(18-3)20-9-10-23-5-2;/h6-8,11H,4-5,9-10,12-13H2,1-3H3,(H,19,22)(H2,18,20,21);1H. The first-order chi connectivity index (χ1) is 11.7. The average molecular weight is 464 g/mol. The molecule has 0 saturated carbocycles. The van der Waals surface area contributed by atoms with E-state index in [4.69, 9.17) is 9.47 Å². The number of likely N-dealkylation sites (N-methyl/N-ethyl adjacent to an activating group) is 1. The van der Waals surface area contributed by atoms with Crippen molar-refractivity contribution < 1.29 is 14.3 Å². The van der Waals surface area contributed by atoms with Gasteiger partial charge in [0, 0.05) is 33.3 Å². The summed E-state index contributed by atoms with van der Waals surface area (Å²) in [4.78, 5) is 15.6. The summed E-state index contributed by atoms with van der Waals surface area (Å²) < 4.78 is 10.8. The number of aliphatic imine (C=N–C) groups is 1. The molecule has 8 heteroatoms. The van der Waals surface area contributed by atoms with Crippen molar-refractivity contribution in [2.45, 2.75) is 20.4 Å². The molecule has 0 radical (unpaired) electrons. The fourth-order valence-electron chi connectivity index (χ4n) is 1.93. The monoisotopic (exact) mass is 464 g/mol. The van der Waals surface area contributed by atoms with Crippen molar-refractivity contribution in [3.8, 4) is 5.75 Å². The van der Waals surface area contributed by atoms with Gasteiger partial charge in [-0.25, -0.2) is 0 Å². The van der Waals surface area contributed by atoms with E-state index in [9.17, 15) is 4.79 Å². The van der Waals surface area contributed by atoms with Crippen LogP contribution in [0.1, 0.15) is 19.4 Å². The van der Waals surface area contributed by atoms with Crippen LogP contribution in [0.2, 0.25) is 0 Å². The second-order valence-electron chi connectivity index (χ2n) is 4.94. The molecule has 0 atom stereocenters. The summed E-state index contributed by atoms with van der Waals surface area (Å²) in [7, 11) is 1.72. The molecule has 25 heavy (non-hydrogen) atoms. The van der Waals surface area contributed by atoms with E-state index in [1.54, 1.807) is 7.05 Å². The van der Waals surface area contributed by atoms with Gasteiger partial charge in [0.05, 0.1) is 6.61 Å². The van der Waals surface area contributed by atoms with E-state index in [1.807, 2.05) is 38.1 Å². The van der Waals surface area contributed by atoms with Crippen LogP contribution in [-0.2, 0) is 16.1 Å². The van der Waals surface area contributed by atoms with Gasteiger partial charge in [-0.15, -0.1) is 24.0 Å². The molecule has 1 aromatic carbocycles. The summed E-state index contributed by atoms with van der Waals surface area (Å²) in [6.07, 6.45) is 0. The molecule has 0 aliphatic heterocycles. The number of guanidine groups is 1. The largest absolute Gasteiger partial charge is 0.484 e.